The summed E-state index contributed by atoms with van der Waals surface area (Å²) in [5.74, 6) is -0.221. The number of hydrogen-bond acceptors (Lipinski definition) is 3. The lowest BCUT2D eigenvalue weighted by atomic mass is 9.78. The highest BCUT2D eigenvalue weighted by Gasteiger charge is 2.22. The normalized spacial score (nSPS) is 20.6. The summed E-state index contributed by atoms with van der Waals surface area (Å²) < 4.78 is 27.4. The van der Waals surface area contributed by atoms with E-state index in [4.69, 9.17) is 5.26 Å². The minimum Gasteiger partial charge on any atom is -0.236 e. The topological polar surface area (TPSA) is 49.6 Å². The second kappa shape index (κ2) is 7.04. The van der Waals surface area contributed by atoms with Crippen LogP contribution < -0.4 is 0 Å². The van der Waals surface area contributed by atoms with E-state index < -0.39 is 17.2 Å². The summed E-state index contributed by atoms with van der Waals surface area (Å²) in [6.45, 7) is 2.23. The third-order valence-corrected chi connectivity index (χ3v) is 4.98. The molecule has 1 aliphatic carbocycles. The molecule has 3 rings (SSSR count). The van der Waals surface area contributed by atoms with E-state index in [1.807, 2.05) is 0 Å². The number of nitriles is 1. The Morgan fingerprint density at radius 3 is 2.17 bits per heavy atom. The lowest BCUT2D eigenvalue weighted by Gasteiger charge is -2.27. The first kappa shape index (κ1) is 16.5. The van der Waals surface area contributed by atoms with E-state index in [1.165, 1.54) is 25.3 Å². The Morgan fingerprint density at radius 2 is 1.67 bits per heavy atom. The number of hydrogen-bond donors (Lipinski definition) is 0. The molecule has 0 bridgehead atoms. The van der Waals surface area contributed by atoms with E-state index in [2.05, 4.69) is 16.9 Å². The van der Waals surface area contributed by atoms with Gasteiger partial charge < -0.3 is 0 Å². The van der Waals surface area contributed by atoms with Gasteiger partial charge in [-0.1, -0.05) is 13.3 Å². The van der Waals surface area contributed by atoms with Gasteiger partial charge in [0, 0.05) is 18.0 Å². The van der Waals surface area contributed by atoms with Crippen LogP contribution in [0.5, 0.6) is 0 Å². The van der Waals surface area contributed by atoms with Crippen molar-refractivity contribution in [1.82, 2.24) is 9.97 Å². The molecular weight excluding hydrogens is 308 g/mol. The largest absolute Gasteiger partial charge is 0.236 e. The molecule has 0 atom stereocenters. The summed E-state index contributed by atoms with van der Waals surface area (Å²) >= 11 is 0. The molecule has 1 aliphatic rings. The first-order valence-electron chi connectivity index (χ1n) is 8.33. The van der Waals surface area contributed by atoms with E-state index in [9.17, 15) is 8.78 Å². The van der Waals surface area contributed by atoms with Crippen LogP contribution in [0, 0.1) is 28.9 Å². The Labute approximate surface area is 140 Å². The Bertz CT molecular complexity index is 734. The lowest BCUT2D eigenvalue weighted by molar-refractivity contribution is 0.318. The SMILES string of the molecule is CCC1CCC(c2cnc(-c3cc(F)c(C#N)c(F)c3)nc2)CC1. The van der Waals surface area contributed by atoms with Crippen molar-refractivity contribution in [2.75, 3.05) is 0 Å². The van der Waals surface area contributed by atoms with Crippen molar-refractivity contribution in [3.63, 3.8) is 0 Å². The molecule has 1 fully saturated rings. The molecule has 0 radical (unpaired) electrons. The highest BCUT2D eigenvalue weighted by Crippen LogP contribution is 2.36. The number of nitrogens with zero attached hydrogens (tertiary/aromatic N) is 3. The van der Waals surface area contributed by atoms with Crippen molar-refractivity contribution >= 4 is 0 Å². The fourth-order valence-electron chi connectivity index (χ4n) is 3.41. The monoisotopic (exact) mass is 327 g/mol. The number of rotatable bonds is 3. The summed E-state index contributed by atoms with van der Waals surface area (Å²) in [4.78, 5) is 8.55. The second-order valence-electron chi connectivity index (χ2n) is 6.39. The van der Waals surface area contributed by atoms with E-state index in [-0.39, 0.29) is 11.4 Å². The molecule has 1 aromatic carbocycles. The van der Waals surface area contributed by atoms with Gasteiger partial charge >= 0.3 is 0 Å². The molecule has 0 saturated heterocycles. The fraction of sp³-hybridized carbons (Fsp3) is 0.421. The molecule has 0 spiro atoms. The highest BCUT2D eigenvalue weighted by atomic mass is 19.1. The molecule has 0 amide bonds. The van der Waals surface area contributed by atoms with Crippen molar-refractivity contribution in [1.29, 1.82) is 5.26 Å². The van der Waals surface area contributed by atoms with E-state index >= 15 is 0 Å². The molecule has 24 heavy (non-hydrogen) atoms. The molecule has 0 unspecified atom stereocenters. The van der Waals surface area contributed by atoms with Gasteiger partial charge in [0.05, 0.1) is 0 Å². The average molecular weight is 327 g/mol. The minimum absolute atomic E-state index is 0.241. The Morgan fingerprint density at radius 1 is 1.08 bits per heavy atom. The summed E-state index contributed by atoms with van der Waals surface area (Å²) in [5, 5.41) is 8.72. The van der Waals surface area contributed by atoms with Crippen molar-refractivity contribution < 1.29 is 8.78 Å². The third-order valence-electron chi connectivity index (χ3n) is 4.98. The van der Waals surface area contributed by atoms with Crippen LogP contribution in [0.15, 0.2) is 24.5 Å². The van der Waals surface area contributed by atoms with Crippen LogP contribution in [0.1, 0.15) is 56.1 Å². The maximum absolute atomic E-state index is 13.7. The molecule has 1 heterocycles. The van der Waals surface area contributed by atoms with Gasteiger partial charge in [-0.2, -0.15) is 5.26 Å². The van der Waals surface area contributed by atoms with Crippen LogP contribution >= 0.6 is 0 Å². The van der Waals surface area contributed by atoms with Crippen LogP contribution in [0.3, 0.4) is 0 Å². The third kappa shape index (κ3) is 3.28. The van der Waals surface area contributed by atoms with Crippen LogP contribution in [-0.4, -0.2) is 9.97 Å². The van der Waals surface area contributed by atoms with Crippen molar-refractivity contribution in [2.24, 2.45) is 5.92 Å². The molecule has 5 heteroatoms. The van der Waals surface area contributed by atoms with Gasteiger partial charge in [-0.15, -0.1) is 0 Å². The molecular formula is C19H19F2N3. The van der Waals surface area contributed by atoms with E-state index in [1.54, 1.807) is 12.4 Å². The van der Waals surface area contributed by atoms with Crippen molar-refractivity contribution in [3.05, 3.63) is 47.3 Å². The van der Waals surface area contributed by atoms with Gasteiger partial charge in [0.2, 0.25) is 0 Å². The summed E-state index contributed by atoms with van der Waals surface area (Å²) in [6.07, 6.45) is 9.49. The molecule has 0 aliphatic heterocycles. The first-order chi connectivity index (χ1) is 11.6. The molecule has 2 aromatic rings. The van der Waals surface area contributed by atoms with Crippen molar-refractivity contribution in [3.8, 4) is 17.5 Å². The van der Waals surface area contributed by atoms with Crippen LogP contribution in [0.25, 0.3) is 11.4 Å². The van der Waals surface area contributed by atoms with Gasteiger partial charge in [0.15, 0.2) is 5.82 Å². The van der Waals surface area contributed by atoms with Gasteiger partial charge in [0.25, 0.3) is 0 Å². The number of aromatic nitrogens is 2. The van der Waals surface area contributed by atoms with Gasteiger partial charge in [-0.25, -0.2) is 18.7 Å². The molecule has 124 valence electrons. The average Bonchev–Trinajstić information content (AvgIpc) is 2.62. The van der Waals surface area contributed by atoms with E-state index in [0.717, 1.165) is 36.5 Å². The van der Waals surface area contributed by atoms with Crippen LogP contribution in [0.4, 0.5) is 8.78 Å². The van der Waals surface area contributed by atoms with Gasteiger partial charge in [-0.3, -0.25) is 0 Å². The standard InChI is InChI=1S/C19H19F2N3/c1-2-12-3-5-13(6-4-12)15-10-23-19(24-11-15)14-7-17(20)16(9-22)18(21)8-14/h7-8,10-13H,2-6H2,1H3. The zero-order valence-corrected chi connectivity index (χ0v) is 13.6. The maximum Gasteiger partial charge on any atom is 0.159 e. The quantitative estimate of drug-likeness (QED) is 0.799. The summed E-state index contributed by atoms with van der Waals surface area (Å²) in [7, 11) is 0. The zero-order chi connectivity index (χ0) is 17.1. The summed E-state index contributed by atoms with van der Waals surface area (Å²) in [5.41, 5.74) is 0.746. The smallest absolute Gasteiger partial charge is 0.159 e. The number of halogens is 2. The maximum atomic E-state index is 13.7. The molecule has 1 aromatic heterocycles. The zero-order valence-electron chi connectivity index (χ0n) is 13.6. The Hall–Kier alpha value is -2.35. The van der Waals surface area contributed by atoms with Crippen LogP contribution in [0.2, 0.25) is 0 Å². The number of benzene rings is 1. The fourth-order valence-corrected chi connectivity index (χ4v) is 3.41. The predicted molar refractivity (Wildman–Crippen MR) is 87.1 cm³/mol. The van der Waals surface area contributed by atoms with Gasteiger partial charge in [-0.05, 0) is 55.2 Å². The minimum atomic E-state index is -0.891. The van der Waals surface area contributed by atoms with Crippen molar-refractivity contribution in [2.45, 2.75) is 44.9 Å². The molecule has 3 nitrogen and oxygen atoms in total. The van der Waals surface area contributed by atoms with Gasteiger partial charge in [0.1, 0.15) is 23.3 Å². The highest BCUT2D eigenvalue weighted by molar-refractivity contribution is 5.57. The molecule has 0 N–H and O–H groups in total. The Balaban J connectivity index is 1.79. The Kier molecular flexibility index (Phi) is 4.84. The molecule has 1 saturated carbocycles. The first-order valence-corrected chi connectivity index (χ1v) is 8.33. The summed E-state index contributed by atoms with van der Waals surface area (Å²) in [6, 6.07) is 3.71. The second-order valence-corrected chi connectivity index (χ2v) is 6.39. The predicted octanol–water partition coefficient (Wildman–Crippen LogP) is 4.98. The lowest BCUT2D eigenvalue weighted by Crippen LogP contribution is -2.13. The van der Waals surface area contributed by atoms with E-state index in [0.29, 0.717) is 5.92 Å². The van der Waals surface area contributed by atoms with Crippen LogP contribution in [-0.2, 0) is 0 Å².